The minimum absolute atomic E-state index is 0.0842. The molecule has 1 fully saturated rings. The monoisotopic (exact) mass is 544 g/mol. The SMILES string of the molecule is C#C.CC(=O)O.CC(=O)OCC1OC(n2c(=O)sc3c(=O)[nH]c(N)nc32)CC1OC(C)=O.COC(C)=O. The number of aliphatic carboxylic acids is 1. The van der Waals surface area contributed by atoms with Crippen molar-refractivity contribution in [2.75, 3.05) is 19.5 Å². The predicted molar refractivity (Wildman–Crippen MR) is 131 cm³/mol. The van der Waals surface area contributed by atoms with Crippen molar-refractivity contribution in [2.45, 2.75) is 52.6 Å². The number of carbonyl (C=O) groups is 4. The molecule has 0 aliphatic carbocycles. The van der Waals surface area contributed by atoms with Gasteiger partial charge < -0.3 is 29.8 Å². The number of ether oxygens (including phenoxy) is 4. The van der Waals surface area contributed by atoms with E-state index in [9.17, 15) is 24.0 Å². The molecule has 16 heteroatoms. The van der Waals surface area contributed by atoms with E-state index in [0.29, 0.717) is 11.3 Å². The highest BCUT2D eigenvalue weighted by Crippen LogP contribution is 2.32. The number of carbonyl (C=O) groups excluding carboxylic acids is 3. The second-order valence-corrected chi connectivity index (χ2v) is 7.83. The fraction of sp³-hybridized carbons (Fsp3) is 0.476. The normalized spacial score (nSPS) is 17.4. The first kappa shape index (κ1) is 32.8. The largest absolute Gasteiger partial charge is 0.481 e. The highest BCUT2D eigenvalue weighted by Gasteiger charge is 2.40. The van der Waals surface area contributed by atoms with Crippen molar-refractivity contribution >= 4 is 51.5 Å². The number of methoxy groups -OCH3 is 1. The Morgan fingerprint density at radius 3 is 2.16 bits per heavy atom. The molecule has 3 rings (SSSR count). The van der Waals surface area contributed by atoms with Crippen LogP contribution < -0.4 is 16.2 Å². The van der Waals surface area contributed by atoms with Crippen LogP contribution in [0.15, 0.2) is 9.59 Å². The third kappa shape index (κ3) is 10.9. The molecule has 1 aliphatic heterocycles. The van der Waals surface area contributed by atoms with Gasteiger partial charge in [-0.05, 0) is 0 Å². The number of carboxylic acids is 1. The first-order valence-electron chi connectivity index (χ1n) is 10.2. The van der Waals surface area contributed by atoms with Gasteiger partial charge >= 0.3 is 22.8 Å². The van der Waals surface area contributed by atoms with E-state index >= 15 is 0 Å². The van der Waals surface area contributed by atoms with Crippen LogP contribution in [0.5, 0.6) is 0 Å². The summed E-state index contributed by atoms with van der Waals surface area (Å²) >= 11 is 0.708. The second-order valence-electron chi connectivity index (χ2n) is 6.87. The number of aromatic amines is 1. The summed E-state index contributed by atoms with van der Waals surface area (Å²) in [6.07, 6.45) is 5.80. The van der Waals surface area contributed by atoms with Crippen LogP contribution in [0.3, 0.4) is 0 Å². The molecule has 3 unspecified atom stereocenters. The number of hydrogen-bond donors (Lipinski definition) is 3. The van der Waals surface area contributed by atoms with Crippen molar-refractivity contribution < 1.29 is 43.2 Å². The number of anilines is 1. The van der Waals surface area contributed by atoms with Crippen LogP contribution in [-0.4, -0.2) is 69.4 Å². The van der Waals surface area contributed by atoms with Crippen LogP contribution in [0.4, 0.5) is 5.95 Å². The molecule has 37 heavy (non-hydrogen) atoms. The highest BCUT2D eigenvalue weighted by atomic mass is 32.1. The maximum atomic E-state index is 12.4. The molecule has 0 amide bonds. The van der Waals surface area contributed by atoms with Gasteiger partial charge in [-0.2, -0.15) is 4.98 Å². The average Bonchev–Trinajstić information content (AvgIpc) is 3.32. The molecule has 204 valence electrons. The lowest BCUT2D eigenvalue weighted by Gasteiger charge is -2.17. The number of rotatable bonds is 4. The van der Waals surface area contributed by atoms with Crippen molar-refractivity contribution in [1.82, 2.24) is 14.5 Å². The number of carboxylic acid groups (broad SMARTS) is 1. The Morgan fingerprint density at radius 2 is 1.70 bits per heavy atom. The third-order valence-electron chi connectivity index (χ3n) is 4.02. The number of terminal acetylenes is 1. The molecule has 2 aromatic heterocycles. The maximum Gasteiger partial charge on any atom is 0.311 e. The summed E-state index contributed by atoms with van der Waals surface area (Å²) in [4.78, 5) is 71.1. The van der Waals surface area contributed by atoms with Crippen LogP contribution in [-0.2, 0) is 38.1 Å². The number of thiazole rings is 1. The topological polar surface area (TPSA) is 219 Å². The van der Waals surface area contributed by atoms with E-state index in [4.69, 9.17) is 29.8 Å². The van der Waals surface area contributed by atoms with Gasteiger partial charge in [0.15, 0.2) is 5.65 Å². The lowest BCUT2D eigenvalue weighted by Crippen LogP contribution is -2.31. The third-order valence-corrected chi connectivity index (χ3v) is 4.96. The Labute approximate surface area is 214 Å². The molecule has 1 aliphatic rings. The molecule has 3 heterocycles. The zero-order chi connectivity index (χ0) is 28.9. The van der Waals surface area contributed by atoms with Crippen molar-refractivity contribution in [3.05, 3.63) is 20.0 Å². The van der Waals surface area contributed by atoms with Crippen molar-refractivity contribution in [3.8, 4) is 12.8 Å². The van der Waals surface area contributed by atoms with Crippen LogP contribution in [0.25, 0.3) is 10.3 Å². The smallest absolute Gasteiger partial charge is 0.311 e. The van der Waals surface area contributed by atoms with Crippen LogP contribution in [0.1, 0.15) is 40.3 Å². The molecule has 3 atom stereocenters. The van der Waals surface area contributed by atoms with Crippen molar-refractivity contribution in [2.24, 2.45) is 0 Å². The average molecular weight is 545 g/mol. The number of H-pyrrole nitrogens is 1. The number of fused-ring (bicyclic) bond motifs is 1. The fourth-order valence-electron chi connectivity index (χ4n) is 2.74. The first-order chi connectivity index (χ1) is 17.3. The van der Waals surface area contributed by atoms with Gasteiger partial charge in [-0.25, -0.2) is 0 Å². The minimum Gasteiger partial charge on any atom is -0.481 e. The highest BCUT2D eigenvalue weighted by molar-refractivity contribution is 7.16. The van der Waals surface area contributed by atoms with E-state index in [-0.39, 0.29) is 35.3 Å². The van der Waals surface area contributed by atoms with E-state index in [1.165, 1.54) is 32.4 Å². The Morgan fingerprint density at radius 1 is 1.16 bits per heavy atom. The summed E-state index contributed by atoms with van der Waals surface area (Å²) in [7, 11) is 1.35. The second kappa shape index (κ2) is 15.7. The summed E-state index contributed by atoms with van der Waals surface area (Å²) in [6, 6.07) is 0. The number of aromatic nitrogens is 3. The minimum atomic E-state index is -0.852. The lowest BCUT2D eigenvalue weighted by atomic mass is 10.2. The van der Waals surface area contributed by atoms with E-state index < -0.39 is 46.8 Å². The summed E-state index contributed by atoms with van der Waals surface area (Å²) in [5.74, 6) is -2.27. The van der Waals surface area contributed by atoms with Gasteiger partial charge in [0, 0.05) is 34.1 Å². The van der Waals surface area contributed by atoms with Gasteiger partial charge in [-0.1, -0.05) is 11.3 Å². The molecule has 15 nitrogen and oxygen atoms in total. The molecule has 4 N–H and O–H groups in total. The Kier molecular flexibility index (Phi) is 13.9. The van der Waals surface area contributed by atoms with Crippen LogP contribution >= 0.6 is 11.3 Å². The van der Waals surface area contributed by atoms with Gasteiger partial charge in [0.1, 0.15) is 29.7 Å². The Balaban J connectivity index is 0.00000100. The molecule has 0 saturated carbocycles. The summed E-state index contributed by atoms with van der Waals surface area (Å²) in [6.45, 7) is 4.78. The molecular weight excluding hydrogens is 516 g/mol. The van der Waals surface area contributed by atoms with Crippen molar-refractivity contribution in [3.63, 3.8) is 0 Å². The van der Waals surface area contributed by atoms with Crippen LogP contribution in [0.2, 0.25) is 0 Å². The number of nitrogens with one attached hydrogen (secondary N) is 1. The quantitative estimate of drug-likeness (QED) is 0.263. The Bertz CT molecular complexity index is 1230. The number of hydrogen-bond acceptors (Lipinski definition) is 13. The molecule has 0 aromatic carbocycles. The van der Waals surface area contributed by atoms with E-state index in [0.717, 1.165) is 6.92 Å². The van der Waals surface area contributed by atoms with Gasteiger partial charge in [-0.15, -0.1) is 12.8 Å². The number of nitrogen functional groups attached to an aromatic ring is 1. The van der Waals surface area contributed by atoms with Crippen LogP contribution in [0, 0.1) is 12.8 Å². The fourth-order valence-corrected chi connectivity index (χ4v) is 3.60. The molecule has 0 bridgehead atoms. The number of esters is 3. The molecule has 0 radical (unpaired) electrons. The summed E-state index contributed by atoms with van der Waals surface area (Å²) in [5.41, 5.74) is 5.11. The lowest BCUT2D eigenvalue weighted by molar-refractivity contribution is -0.155. The van der Waals surface area contributed by atoms with Gasteiger partial charge in [0.05, 0.1) is 7.11 Å². The first-order valence-corrected chi connectivity index (χ1v) is 11.0. The van der Waals surface area contributed by atoms with E-state index in [2.05, 4.69) is 27.6 Å². The predicted octanol–water partition coefficient (Wildman–Crippen LogP) is 0.0304. The number of nitrogens with two attached hydrogens (primary N) is 1. The van der Waals surface area contributed by atoms with Gasteiger partial charge in [0.2, 0.25) is 5.95 Å². The van der Waals surface area contributed by atoms with E-state index in [1.54, 1.807) is 0 Å². The molecule has 1 saturated heterocycles. The zero-order valence-electron chi connectivity index (χ0n) is 20.7. The molecule has 0 spiro atoms. The Hall–Kier alpha value is -4.23. The summed E-state index contributed by atoms with van der Waals surface area (Å²) in [5, 5.41) is 7.42. The van der Waals surface area contributed by atoms with Gasteiger partial charge in [0.25, 0.3) is 11.5 Å². The van der Waals surface area contributed by atoms with Crippen molar-refractivity contribution in [1.29, 1.82) is 0 Å². The standard InChI is InChI=1S/C14H16N4O7S.C3H6O2.C2H4O2.C2H2/c1-5(19)23-4-8-7(24-6(2)20)3-9(25-8)18-11-10(26-14(18)22)12(21)17-13(15)16-11;1-3(4)5-2;1-2(3)4;1-2/h7-9H,3-4H2,1-2H3,(H3,15,16,17,21);1-2H3;1H3,(H,3,4);1-2H. The maximum absolute atomic E-state index is 12.4. The number of nitrogens with zero attached hydrogens (tertiary/aromatic N) is 2. The van der Waals surface area contributed by atoms with E-state index in [1.807, 2.05) is 0 Å². The molecular formula is C21H28N4O11S. The summed E-state index contributed by atoms with van der Waals surface area (Å²) < 4.78 is 21.3. The van der Waals surface area contributed by atoms with Gasteiger partial charge in [-0.3, -0.25) is 38.3 Å². The zero-order valence-corrected chi connectivity index (χ0v) is 21.5. The molecule has 2 aromatic rings.